The van der Waals surface area contributed by atoms with E-state index in [0.29, 0.717) is 35.1 Å². The number of nitrogens with one attached hydrogen (secondary N) is 1. The number of hydrogen-bond acceptors (Lipinski definition) is 6. The van der Waals surface area contributed by atoms with Crippen LogP contribution >= 0.6 is 0 Å². The fourth-order valence-corrected chi connectivity index (χ4v) is 3.56. The predicted octanol–water partition coefficient (Wildman–Crippen LogP) is 4.25. The van der Waals surface area contributed by atoms with Gasteiger partial charge in [-0.1, -0.05) is 6.07 Å². The van der Waals surface area contributed by atoms with E-state index in [1.807, 2.05) is 19.1 Å². The van der Waals surface area contributed by atoms with E-state index in [2.05, 4.69) is 10.2 Å². The smallest absolute Gasteiger partial charge is 0.266 e. The molecule has 7 heteroatoms. The van der Waals surface area contributed by atoms with Crippen molar-refractivity contribution in [2.75, 3.05) is 44.1 Å². The maximum atomic E-state index is 12.7. The van der Waals surface area contributed by atoms with E-state index in [-0.39, 0.29) is 5.57 Å². The third kappa shape index (κ3) is 5.28. The number of ether oxygens (including phenoxy) is 3. The molecule has 1 aliphatic rings. The van der Waals surface area contributed by atoms with Crippen molar-refractivity contribution in [3.05, 3.63) is 47.5 Å². The Morgan fingerprint density at radius 1 is 1.16 bits per heavy atom. The van der Waals surface area contributed by atoms with Gasteiger partial charge >= 0.3 is 0 Å². The van der Waals surface area contributed by atoms with E-state index in [0.717, 1.165) is 31.6 Å². The van der Waals surface area contributed by atoms with Gasteiger partial charge in [0.05, 0.1) is 26.5 Å². The van der Waals surface area contributed by atoms with Crippen molar-refractivity contribution in [2.24, 2.45) is 0 Å². The Morgan fingerprint density at radius 3 is 2.55 bits per heavy atom. The molecule has 1 heterocycles. The van der Waals surface area contributed by atoms with Crippen molar-refractivity contribution in [3.63, 3.8) is 0 Å². The first-order valence-corrected chi connectivity index (χ1v) is 10.3. The van der Waals surface area contributed by atoms with Gasteiger partial charge in [0.1, 0.15) is 28.9 Å². The van der Waals surface area contributed by atoms with Gasteiger partial charge in [0.2, 0.25) is 0 Å². The van der Waals surface area contributed by atoms with Crippen LogP contribution in [0.1, 0.15) is 25.3 Å². The second kappa shape index (κ2) is 10.4. The fraction of sp³-hybridized carbons (Fsp3) is 0.333. The lowest BCUT2D eigenvalue weighted by Crippen LogP contribution is -2.18. The molecule has 7 nitrogen and oxygen atoms in total. The first-order chi connectivity index (χ1) is 15.1. The molecule has 0 aliphatic carbocycles. The summed E-state index contributed by atoms with van der Waals surface area (Å²) in [6, 6.07) is 12.7. The second-order valence-electron chi connectivity index (χ2n) is 7.04. The molecule has 2 aromatic carbocycles. The van der Waals surface area contributed by atoms with E-state index in [1.54, 1.807) is 44.6 Å². The average Bonchev–Trinajstić information content (AvgIpc) is 3.32. The summed E-state index contributed by atoms with van der Waals surface area (Å²) in [4.78, 5) is 15.0. The third-order valence-electron chi connectivity index (χ3n) is 5.05. The maximum absolute atomic E-state index is 12.7. The highest BCUT2D eigenvalue weighted by Crippen LogP contribution is 2.38. The minimum absolute atomic E-state index is 0.0453. The minimum atomic E-state index is -0.513. The topological polar surface area (TPSA) is 83.8 Å². The molecule has 3 rings (SSSR count). The van der Waals surface area contributed by atoms with Crippen LogP contribution in [0.3, 0.4) is 0 Å². The van der Waals surface area contributed by atoms with Gasteiger partial charge in [0.25, 0.3) is 5.91 Å². The van der Waals surface area contributed by atoms with Crippen LogP contribution < -0.4 is 24.4 Å². The molecule has 1 N–H and O–H groups in total. The molecule has 0 spiro atoms. The van der Waals surface area contributed by atoms with Crippen molar-refractivity contribution in [2.45, 2.75) is 19.8 Å². The summed E-state index contributed by atoms with van der Waals surface area (Å²) >= 11 is 0. The van der Waals surface area contributed by atoms with Crippen LogP contribution in [-0.4, -0.2) is 39.8 Å². The van der Waals surface area contributed by atoms with Gasteiger partial charge in [0.15, 0.2) is 0 Å². The SMILES string of the molecule is CCOc1cccc(NC(=O)/C(C#N)=C\c2cc(OC)c(N3CCCC3)cc2OC)c1. The van der Waals surface area contributed by atoms with Gasteiger partial charge in [-0.3, -0.25) is 4.79 Å². The highest BCUT2D eigenvalue weighted by atomic mass is 16.5. The molecule has 0 aromatic heterocycles. The molecule has 1 saturated heterocycles. The summed E-state index contributed by atoms with van der Waals surface area (Å²) in [5, 5.41) is 12.4. The number of carbonyl (C=O) groups excluding carboxylic acids is 1. The van der Waals surface area contributed by atoms with Crippen molar-refractivity contribution in [3.8, 4) is 23.3 Å². The van der Waals surface area contributed by atoms with Crippen molar-refractivity contribution in [1.82, 2.24) is 0 Å². The molecular formula is C24H27N3O4. The number of carbonyl (C=O) groups is 1. The van der Waals surface area contributed by atoms with Crippen molar-refractivity contribution in [1.29, 1.82) is 5.26 Å². The van der Waals surface area contributed by atoms with Gasteiger partial charge in [-0.15, -0.1) is 0 Å². The zero-order valence-corrected chi connectivity index (χ0v) is 18.1. The number of benzene rings is 2. The molecule has 0 unspecified atom stereocenters. The van der Waals surface area contributed by atoms with E-state index in [1.165, 1.54) is 6.08 Å². The number of rotatable bonds is 8. The monoisotopic (exact) mass is 421 g/mol. The molecule has 0 atom stereocenters. The van der Waals surface area contributed by atoms with E-state index in [9.17, 15) is 10.1 Å². The largest absolute Gasteiger partial charge is 0.496 e. The molecule has 0 saturated carbocycles. The fourth-order valence-electron chi connectivity index (χ4n) is 3.56. The summed E-state index contributed by atoms with van der Waals surface area (Å²) in [6.07, 6.45) is 3.78. The Balaban J connectivity index is 1.89. The number of methoxy groups -OCH3 is 2. The van der Waals surface area contributed by atoms with Gasteiger partial charge in [-0.05, 0) is 44.0 Å². The van der Waals surface area contributed by atoms with Crippen LogP contribution in [0.25, 0.3) is 6.08 Å². The predicted molar refractivity (Wildman–Crippen MR) is 121 cm³/mol. The Labute approximate surface area is 182 Å². The maximum Gasteiger partial charge on any atom is 0.266 e. The average molecular weight is 421 g/mol. The molecule has 2 aromatic rings. The standard InChI is InChI=1S/C24H27N3O4/c1-4-31-20-9-7-8-19(14-20)26-24(28)18(16-25)12-17-13-23(30-3)21(15-22(17)29-2)27-10-5-6-11-27/h7-9,12-15H,4-6,10-11H2,1-3H3,(H,26,28)/b18-12-. The molecule has 0 radical (unpaired) electrons. The number of anilines is 2. The highest BCUT2D eigenvalue weighted by Gasteiger charge is 2.20. The van der Waals surface area contributed by atoms with Crippen LogP contribution in [0, 0.1) is 11.3 Å². The molecule has 0 bridgehead atoms. The van der Waals surface area contributed by atoms with Crippen LogP contribution in [0.5, 0.6) is 17.2 Å². The van der Waals surface area contributed by atoms with Crippen molar-refractivity contribution >= 4 is 23.4 Å². The summed E-state index contributed by atoms with van der Waals surface area (Å²) in [6.45, 7) is 4.33. The first-order valence-electron chi connectivity index (χ1n) is 10.3. The second-order valence-corrected chi connectivity index (χ2v) is 7.04. The molecule has 31 heavy (non-hydrogen) atoms. The third-order valence-corrected chi connectivity index (χ3v) is 5.05. The summed E-state index contributed by atoms with van der Waals surface area (Å²) in [5.74, 6) is 1.38. The minimum Gasteiger partial charge on any atom is -0.496 e. The van der Waals surface area contributed by atoms with Gasteiger partial charge in [-0.25, -0.2) is 0 Å². The molecule has 1 aliphatic heterocycles. The van der Waals surface area contributed by atoms with Gasteiger partial charge in [0, 0.05) is 36.5 Å². The highest BCUT2D eigenvalue weighted by molar-refractivity contribution is 6.10. The summed E-state index contributed by atoms with van der Waals surface area (Å²) in [5.41, 5.74) is 2.05. The molecule has 162 valence electrons. The van der Waals surface area contributed by atoms with E-state index >= 15 is 0 Å². The molecule has 1 fully saturated rings. The van der Waals surface area contributed by atoms with Crippen LogP contribution in [-0.2, 0) is 4.79 Å². The lowest BCUT2D eigenvalue weighted by Gasteiger charge is -2.22. The zero-order chi connectivity index (χ0) is 22.2. The summed E-state index contributed by atoms with van der Waals surface area (Å²) in [7, 11) is 3.18. The van der Waals surface area contributed by atoms with Gasteiger partial charge in [-0.2, -0.15) is 5.26 Å². The zero-order valence-electron chi connectivity index (χ0n) is 18.1. The van der Waals surface area contributed by atoms with Crippen LogP contribution in [0.4, 0.5) is 11.4 Å². The van der Waals surface area contributed by atoms with Crippen LogP contribution in [0.15, 0.2) is 42.0 Å². The lowest BCUT2D eigenvalue weighted by molar-refractivity contribution is -0.112. The van der Waals surface area contributed by atoms with E-state index in [4.69, 9.17) is 14.2 Å². The Kier molecular flexibility index (Phi) is 7.39. The van der Waals surface area contributed by atoms with Crippen LogP contribution in [0.2, 0.25) is 0 Å². The Bertz CT molecular complexity index is 1000. The normalized spacial score (nSPS) is 13.5. The van der Waals surface area contributed by atoms with Gasteiger partial charge < -0.3 is 24.4 Å². The quantitative estimate of drug-likeness (QED) is 0.507. The van der Waals surface area contributed by atoms with Crippen molar-refractivity contribution < 1.29 is 19.0 Å². The number of amides is 1. The summed E-state index contributed by atoms with van der Waals surface area (Å²) < 4.78 is 16.6. The molecule has 1 amide bonds. The van der Waals surface area contributed by atoms with E-state index < -0.39 is 5.91 Å². The Morgan fingerprint density at radius 2 is 1.90 bits per heavy atom. The molecular weight excluding hydrogens is 394 g/mol. The lowest BCUT2D eigenvalue weighted by atomic mass is 10.1. The number of nitriles is 1. The first kappa shape index (κ1) is 22.0. The number of nitrogens with zero attached hydrogens (tertiary/aromatic N) is 2. The number of hydrogen-bond donors (Lipinski definition) is 1. The Hall–Kier alpha value is -3.66.